The highest BCUT2D eigenvalue weighted by atomic mass is 16.5. The highest BCUT2D eigenvalue weighted by Gasteiger charge is 2.36. The van der Waals surface area contributed by atoms with Crippen molar-refractivity contribution in [2.45, 2.75) is 76.9 Å². The Morgan fingerprint density at radius 2 is 1.84 bits per heavy atom. The summed E-state index contributed by atoms with van der Waals surface area (Å²) >= 11 is 0. The van der Waals surface area contributed by atoms with Crippen molar-refractivity contribution in [1.82, 2.24) is 10.2 Å². The number of unbranched alkanes of at least 4 members (excludes halogenated alkanes) is 2. The molecule has 1 aromatic carbocycles. The number of rotatable bonds is 9. The number of hydrogen-bond acceptors (Lipinski definition) is 5. The molecule has 1 aromatic rings. The second-order valence-corrected chi connectivity index (χ2v) is 8.34. The molecule has 0 spiro atoms. The predicted molar refractivity (Wildman–Crippen MR) is 117 cm³/mol. The first-order valence-electron chi connectivity index (χ1n) is 11.6. The first kappa shape index (κ1) is 23.1. The number of carbonyl (C=O) groups is 3. The van der Waals surface area contributed by atoms with Crippen molar-refractivity contribution >= 4 is 17.8 Å². The lowest BCUT2D eigenvalue weighted by atomic mass is 9.98. The monoisotopic (exact) mass is 430 g/mol. The molecule has 1 heterocycles. The Kier molecular flexibility index (Phi) is 8.74. The van der Waals surface area contributed by atoms with Crippen molar-refractivity contribution in [2.24, 2.45) is 0 Å². The molecule has 1 aliphatic heterocycles. The van der Waals surface area contributed by atoms with Gasteiger partial charge in [-0.15, -0.1) is 0 Å². The lowest BCUT2D eigenvalue weighted by molar-refractivity contribution is -0.153. The largest absolute Gasteiger partial charge is 0.494 e. The normalized spacial score (nSPS) is 19.6. The van der Waals surface area contributed by atoms with Crippen LogP contribution in [0.25, 0.3) is 0 Å². The van der Waals surface area contributed by atoms with Gasteiger partial charge in [0.1, 0.15) is 17.9 Å². The van der Waals surface area contributed by atoms with Crippen molar-refractivity contribution in [3.8, 4) is 5.75 Å². The number of nitrogens with one attached hydrogen (secondary N) is 1. The van der Waals surface area contributed by atoms with E-state index in [4.69, 9.17) is 9.47 Å². The molecule has 0 aromatic heterocycles. The molecule has 1 aliphatic carbocycles. The minimum absolute atomic E-state index is 0.0677. The van der Waals surface area contributed by atoms with Gasteiger partial charge in [0.05, 0.1) is 13.0 Å². The van der Waals surface area contributed by atoms with E-state index in [0.29, 0.717) is 25.3 Å². The number of carbonyl (C=O) groups excluding carboxylic acids is 3. The smallest absolute Gasteiger partial charge is 0.308 e. The van der Waals surface area contributed by atoms with Crippen LogP contribution in [-0.4, -0.2) is 54.5 Å². The van der Waals surface area contributed by atoms with Crippen LogP contribution in [0.5, 0.6) is 5.75 Å². The molecule has 1 N–H and O–H groups in total. The van der Waals surface area contributed by atoms with Gasteiger partial charge in [0.15, 0.2) is 0 Å². The van der Waals surface area contributed by atoms with Gasteiger partial charge in [0.25, 0.3) is 5.91 Å². The van der Waals surface area contributed by atoms with Gasteiger partial charge >= 0.3 is 5.97 Å². The fourth-order valence-electron chi connectivity index (χ4n) is 4.14. The van der Waals surface area contributed by atoms with E-state index < -0.39 is 12.0 Å². The summed E-state index contributed by atoms with van der Waals surface area (Å²) in [5.74, 6) is -0.266. The number of ether oxygens (including phenoxy) is 2. The molecule has 2 aliphatic rings. The Morgan fingerprint density at radius 3 is 2.55 bits per heavy atom. The zero-order chi connectivity index (χ0) is 22.1. The molecule has 0 bridgehead atoms. The zero-order valence-corrected chi connectivity index (χ0v) is 18.4. The lowest BCUT2D eigenvalue weighted by Gasteiger charge is -2.35. The third-order valence-corrected chi connectivity index (χ3v) is 5.92. The Hall–Kier alpha value is -2.57. The maximum atomic E-state index is 13.1. The average molecular weight is 431 g/mol. The number of hydrogen-bond donors (Lipinski definition) is 1. The van der Waals surface area contributed by atoms with Crippen LogP contribution in [0, 0.1) is 0 Å². The van der Waals surface area contributed by atoms with E-state index in [-0.39, 0.29) is 24.3 Å². The fourth-order valence-corrected chi connectivity index (χ4v) is 4.14. The summed E-state index contributed by atoms with van der Waals surface area (Å²) in [6.45, 7) is 3.53. The van der Waals surface area contributed by atoms with Crippen LogP contribution in [0.15, 0.2) is 24.3 Å². The van der Waals surface area contributed by atoms with E-state index in [9.17, 15) is 14.4 Å². The van der Waals surface area contributed by atoms with Gasteiger partial charge in [0.2, 0.25) is 5.91 Å². The topological polar surface area (TPSA) is 84.9 Å². The Balaban J connectivity index is 1.59. The minimum atomic E-state index is -0.845. The average Bonchev–Trinajstić information content (AvgIpc) is 2.79. The molecule has 2 fully saturated rings. The Labute approximate surface area is 184 Å². The fraction of sp³-hybridized carbons (Fsp3) is 0.625. The minimum Gasteiger partial charge on any atom is -0.494 e. The predicted octanol–water partition coefficient (Wildman–Crippen LogP) is 3.46. The summed E-state index contributed by atoms with van der Waals surface area (Å²) in [4.78, 5) is 39.5. The van der Waals surface area contributed by atoms with Gasteiger partial charge in [-0.2, -0.15) is 0 Å². The van der Waals surface area contributed by atoms with E-state index in [0.717, 1.165) is 50.7 Å². The lowest BCUT2D eigenvalue weighted by Crippen LogP contribution is -2.58. The Morgan fingerprint density at radius 1 is 1.10 bits per heavy atom. The molecule has 1 atom stereocenters. The number of amides is 2. The van der Waals surface area contributed by atoms with Gasteiger partial charge in [0, 0.05) is 18.7 Å². The third kappa shape index (κ3) is 6.71. The van der Waals surface area contributed by atoms with Gasteiger partial charge in [-0.05, 0) is 56.4 Å². The molecule has 170 valence electrons. The van der Waals surface area contributed by atoms with Crippen LogP contribution in [0.3, 0.4) is 0 Å². The van der Waals surface area contributed by atoms with Crippen LogP contribution >= 0.6 is 0 Å². The number of esters is 1. The summed E-state index contributed by atoms with van der Waals surface area (Å²) in [5.41, 5.74) is 0.473. The molecular weight excluding hydrogens is 396 g/mol. The van der Waals surface area contributed by atoms with Gasteiger partial charge in [-0.3, -0.25) is 14.4 Å². The summed E-state index contributed by atoms with van der Waals surface area (Å²) in [6, 6.07) is 6.12. The van der Waals surface area contributed by atoms with Crippen molar-refractivity contribution < 1.29 is 23.9 Å². The molecule has 0 radical (unpaired) electrons. The standard InChI is InChI=1S/C24H34N2O5/c1-2-3-7-16-30-19-12-10-18(11-13-19)24(29)26-15-14-25-23(28)21(26)17-22(27)31-20-8-5-4-6-9-20/h10-13,20-21H,2-9,14-17H2,1H3,(H,25,28). The molecule has 2 amide bonds. The van der Waals surface area contributed by atoms with E-state index in [2.05, 4.69) is 12.2 Å². The van der Waals surface area contributed by atoms with Crippen molar-refractivity contribution in [3.63, 3.8) is 0 Å². The van der Waals surface area contributed by atoms with E-state index >= 15 is 0 Å². The highest BCUT2D eigenvalue weighted by molar-refractivity contribution is 5.99. The van der Waals surface area contributed by atoms with Gasteiger partial charge < -0.3 is 19.7 Å². The summed E-state index contributed by atoms with van der Waals surface area (Å²) in [7, 11) is 0. The molecule has 1 unspecified atom stereocenters. The van der Waals surface area contributed by atoms with Crippen LogP contribution in [0.1, 0.15) is 75.1 Å². The maximum absolute atomic E-state index is 13.1. The number of nitrogens with zero attached hydrogens (tertiary/aromatic N) is 1. The van der Waals surface area contributed by atoms with Gasteiger partial charge in [-0.1, -0.05) is 26.2 Å². The molecular formula is C24H34N2O5. The molecule has 1 saturated carbocycles. The van der Waals surface area contributed by atoms with E-state index in [1.807, 2.05) is 0 Å². The maximum Gasteiger partial charge on any atom is 0.308 e. The van der Waals surface area contributed by atoms with Crippen molar-refractivity contribution in [3.05, 3.63) is 29.8 Å². The third-order valence-electron chi connectivity index (χ3n) is 5.92. The second kappa shape index (κ2) is 11.7. The second-order valence-electron chi connectivity index (χ2n) is 8.34. The first-order chi connectivity index (χ1) is 15.1. The first-order valence-corrected chi connectivity index (χ1v) is 11.6. The summed E-state index contributed by atoms with van der Waals surface area (Å²) in [5, 5.41) is 2.76. The summed E-state index contributed by atoms with van der Waals surface area (Å²) in [6.07, 6.45) is 8.11. The highest BCUT2D eigenvalue weighted by Crippen LogP contribution is 2.22. The molecule has 31 heavy (non-hydrogen) atoms. The number of piperazine rings is 1. The van der Waals surface area contributed by atoms with E-state index in [1.165, 1.54) is 11.3 Å². The molecule has 7 heteroatoms. The molecule has 7 nitrogen and oxygen atoms in total. The van der Waals surface area contributed by atoms with Crippen LogP contribution in [0.2, 0.25) is 0 Å². The van der Waals surface area contributed by atoms with Crippen molar-refractivity contribution in [1.29, 1.82) is 0 Å². The SMILES string of the molecule is CCCCCOc1ccc(C(=O)N2CCNC(=O)C2CC(=O)OC2CCCCC2)cc1. The quantitative estimate of drug-likeness (QED) is 0.479. The Bertz CT molecular complexity index is 743. The summed E-state index contributed by atoms with van der Waals surface area (Å²) < 4.78 is 11.3. The van der Waals surface area contributed by atoms with E-state index in [1.54, 1.807) is 24.3 Å². The molecule has 1 saturated heterocycles. The molecule has 3 rings (SSSR count). The van der Waals surface area contributed by atoms with Crippen molar-refractivity contribution in [2.75, 3.05) is 19.7 Å². The zero-order valence-electron chi connectivity index (χ0n) is 18.4. The van der Waals surface area contributed by atoms with Gasteiger partial charge in [-0.25, -0.2) is 0 Å². The van der Waals surface area contributed by atoms with Crippen LogP contribution in [-0.2, 0) is 14.3 Å². The van der Waals surface area contributed by atoms with Crippen LogP contribution < -0.4 is 10.1 Å². The number of benzene rings is 1. The van der Waals surface area contributed by atoms with Crippen LogP contribution in [0.4, 0.5) is 0 Å².